The fraction of sp³-hybridized carbons (Fsp3) is 0.125. The topological polar surface area (TPSA) is 132 Å². The summed E-state index contributed by atoms with van der Waals surface area (Å²) < 4.78 is 11.0. The molecular weight excluding hydrogens is 545 g/mol. The largest absolute Gasteiger partial charge is 0.494 e. The first-order valence-electron chi connectivity index (χ1n) is 10.7. The quantitative estimate of drug-likeness (QED) is 0.194. The Morgan fingerprint density at radius 3 is 2.57 bits per heavy atom. The predicted octanol–water partition coefficient (Wildman–Crippen LogP) is 6.24. The molecule has 1 saturated heterocycles. The Kier molecular flexibility index (Phi) is 7.86. The van der Waals surface area contributed by atoms with Crippen LogP contribution in [0.25, 0.3) is 17.4 Å². The Labute approximate surface area is 224 Å². The van der Waals surface area contributed by atoms with Crippen LogP contribution in [0.3, 0.4) is 0 Å². The first kappa shape index (κ1) is 26.3. The van der Waals surface area contributed by atoms with Gasteiger partial charge in [-0.1, -0.05) is 23.2 Å². The molecule has 1 fully saturated rings. The van der Waals surface area contributed by atoms with Crippen LogP contribution in [0.5, 0.6) is 5.75 Å². The smallest absolute Gasteiger partial charge is 0.294 e. The molecule has 4 rings (SSSR count). The molecule has 0 aliphatic carbocycles. The van der Waals surface area contributed by atoms with Crippen molar-refractivity contribution < 1.29 is 28.5 Å². The van der Waals surface area contributed by atoms with Crippen LogP contribution in [0.2, 0.25) is 10.0 Å². The monoisotopic (exact) mass is 561 g/mol. The van der Waals surface area contributed by atoms with Crippen LogP contribution in [0, 0.1) is 10.1 Å². The van der Waals surface area contributed by atoms with Crippen molar-refractivity contribution in [2.75, 3.05) is 18.5 Å². The standard InChI is InChI=1S/C24H17Cl2N3O7S/c1-2-35-14-5-3-13(4-6-14)27-22(30)12-28-23(31)21(37-24(28)32)9-15-7-8-20(36-15)16-10-19(29(33)34)18(26)11-17(16)25/h3-11H,2,12H2,1H3,(H,27,30)/b21-9+. The summed E-state index contributed by atoms with van der Waals surface area (Å²) in [5.41, 5.74) is 0.375. The van der Waals surface area contributed by atoms with E-state index in [0.29, 0.717) is 29.8 Å². The second-order valence-corrected chi connectivity index (χ2v) is 9.32. The van der Waals surface area contributed by atoms with Gasteiger partial charge in [-0.2, -0.15) is 0 Å². The number of carbonyl (C=O) groups excluding carboxylic acids is 3. The molecule has 0 spiro atoms. The Hall–Kier alpha value is -3.80. The molecule has 1 aliphatic heterocycles. The minimum atomic E-state index is -0.657. The van der Waals surface area contributed by atoms with E-state index in [9.17, 15) is 24.5 Å². The third-order valence-electron chi connectivity index (χ3n) is 5.02. The number of thioether (sulfide) groups is 1. The minimum absolute atomic E-state index is 0.0490. The van der Waals surface area contributed by atoms with Gasteiger partial charge in [0.1, 0.15) is 28.8 Å². The lowest BCUT2D eigenvalue weighted by Gasteiger charge is -2.12. The summed E-state index contributed by atoms with van der Waals surface area (Å²) in [4.78, 5) is 49.0. The number of ether oxygens (including phenoxy) is 1. The van der Waals surface area contributed by atoms with E-state index in [0.717, 1.165) is 4.90 Å². The van der Waals surface area contributed by atoms with E-state index in [2.05, 4.69) is 5.32 Å². The Balaban J connectivity index is 1.46. The van der Waals surface area contributed by atoms with E-state index in [-0.39, 0.29) is 37.7 Å². The molecule has 3 amide bonds. The number of hydrogen-bond acceptors (Lipinski definition) is 8. The lowest BCUT2D eigenvalue weighted by Crippen LogP contribution is -2.36. The first-order chi connectivity index (χ1) is 17.7. The molecule has 2 aromatic carbocycles. The number of nitrogens with zero attached hydrogens (tertiary/aromatic N) is 2. The highest BCUT2D eigenvalue weighted by molar-refractivity contribution is 8.18. The van der Waals surface area contributed by atoms with Gasteiger partial charge >= 0.3 is 0 Å². The molecule has 0 bridgehead atoms. The summed E-state index contributed by atoms with van der Waals surface area (Å²) in [5, 5.41) is 13.2. The van der Waals surface area contributed by atoms with Crippen LogP contribution in [0.1, 0.15) is 12.7 Å². The Morgan fingerprint density at radius 1 is 1.16 bits per heavy atom. The SMILES string of the molecule is CCOc1ccc(NC(=O)CN2C(=O)S/C(=C/c3ccc(-c4cc([N+](=O)[O-])c(Cl)cc4Cl)o3)C2=O)cc1. The molecule has 37 heavy (non-hydrogen) atoms. The third-order valence-corrected chi connectivity index (χ3v) is 6.55. The molecule has 0 atom stereocenters. The summed E-state index contributed by atoms with van der Waals surface area (Å²) in [7, 11) is 0. The van der Waals surface area contributed by atoms with Gasteiger partial charge in [0, 0.05) is 23.4 Å². The number of amides is 3. The van der Waals surface area contributed by atoms with E-state index in [4.69, 9.17) is 32.4 Å². The third kappa shape index (κ3) is 5.96. The van der Waals surface area contributed by atoms with Crippen LogP contribution in [0.15, 0.2) is 57.9 Å². The second kappa shape index (κ2) is 11.1. The molecule has 13 heteroatoms. The molecule has 3 aromatic rings. The fourth-order valence-electron chi connectivity index (χ4n) is 3.35. The van der Waals surface area contributed by atoms with Gasteiger partial charge in [0.2, 0.25) is 5.91 Å². The van der Waals surface area contributed by atoms with Crippen molar-refractivity contribution in [3.8, 4) is 17.1 Å². The van der Waals surface area contributed by atoms with Crippen molar-refractivity contribution in [3.05, 3.63) is 79.4 Å². The molecule has 10 nitrogen and oxygen atoms in total. The second-order valence-electron chi connectivity index (χ2n) is 7.52. The Bertz CT molecular complexity index is 1440. The summed E-state index contributed by atoms with van der Waals surface area (Å²) >= 11 is 12.7. The summed E-state index contributed by atoms with van der Waals surface area (Å²) in [6.45, 7) is 1.90. The van der Waals surface area contributed by atoms with Crippen LogP contribution >= 0.6 is 35.0 Å². The molecule has 1 aliphatic rings. The van der Waals surface area contributed by atoms with Crippen LogP contribution in [0.4, 0.5) is 16.2 Å². The van der Waals surface area contributed by atoms with E-state index < -0.39 is 28.5 Å². The maximum absolute atomic E-state index is 12.8. The van der Waals surface area contributed by atoms with Crippen molar-refractivity contribution in [1.82, 2.24) is 4.90 Å². The molecule has 0 saturated carbocycles. The average Bonchev–Trinajstić information content (AvgIpc) is 3.40. The van der Waals surface area contributed by atoms with Gasteiger partial charge < -0.3 is 14.5 Å². The minimum Gasteiger partial charge on any atom is -0.494 e. The molecule has 1 aromatic heterocycles. The van der Waals surface area contributed by atoms with E-state index in [1.807, 2.05) is 6.92 Å². The van der Waals surface area contributed by atoms with Gasteiger partial charge in [0.25, 0.3) is 16.8 Å². The van der Waals surface area contributed by atoms with Gasteiger partial charge in [-0.15, -0.1) is 0 Å². The molecule has 0 radical (unpaired) electrons. The zero-order valence-electron chi connectivity index (χ0n) is 19.0. The van der Waals surface area contributed by atoms with Crippen molar-refractivity contribution in [2.24, 2.45) is 0 Å². The first-order valence-corrected chi connectivity index (χ1v) is 12.2. The van der Waals surface area contributed by atoms with Gasteiger partial charge in [-0.25, -0.2) is 0 Å². The van der Waals surface area contributed by atoms with Gasteiger partial charge in [0.05, 0.1) is 21.5 Å². The molecule has 2 heterocycles. The number of furan rings is 1. The number of benzene rings is 2. The normalized spacial score (nSPS) is 14.4. The lowest BCUT2D eigenvalue weighted by atomic mass is 10.1. The van der Waals surface area contributed by atoms with Crippen molar-refractivity contribution in [1.29, 1.82) is 0 Å². The fourth-order valence-corrected chi connectivity index (χ4v) is 4.72. The number of halogens is 2. The van der Waals surface area contributed by atoms with E-state index in [1.165, 1.54) is 30.3 Å². The highest BCUT2D eigenvalue weighted by Crippen LogP contribution is 2.38. The number of imide groups is 1. The summed E-state index contributed by atoms with van der Waals surface area (Å²) in [5.74, 6) is -0.158. The van der Waals surface area contributed by atoms with Crippen molar-refractivity contribution in [3.63, 3.8) is 0 Å². The van der Waals surface area contributed by atoms with Gasteiger partial charge in [-0.3, -0.25) is 29.4 Å². The predicted molar refractivity (Wildman–Crippen MR) is 140 cm³/mol. The van der Waals surface area contributed by atoms with Crippen LogP contribution in [-0.4, -0.2) is 40.0 Å². The van der Waals surface area contributed by atoms with E-state index in [1.54, 1.807) is 24.3 Å². The number of rotatable bonds is 8. The lowest BCUT2D eigenvalue weighted by molar-refractivity contribution is -0.384. The van der Waals surface area contributed by atoms with Crippen LogP contribution in [-0.2, 0) is 9.59 Å². The number of nitro groups is 1. The maximum atomic E-state index is 12.8. The Morgan fingerprint density at radius 2 is 1.89 bits per heavy atom. The zero-order valence-corrected chi connectivity index (χ0v) is 21.4. The van der Waals surface area contributed by atoms with Gasteiger partial charge in [0.15, 0.2) is 0 Å². The highest BCUT2D eigenvalue weighted by Gasteiger charge is 2.36. The molecular formula is C24H17Cl2N3O7S. The van der Waals surface area contributed by atoms with Crippen molar-refractivity contribution in [2.45, 2.75) is 6.92 Å². The zero-order chi connectivity index (χ0) is 26.7. The van der Waals surface area contributed by atoms with Crippen LogP contribution < -0.4 is 10.1 Å². The molecule has 0 unspecified atom stereocenters. The van der Waals surface area contributed by atoms with Crippen molar-refractivity contribution >= 4 is 69.5 Å². The average molecular weight is 562 g/mol. The van der Waals surface area contributed by atoms with Gasteiger partial charge in [-0.05, 0) is 61.2 Å². The number of hydrogen-bond donors (Lipinski definition) is 1. The highest BCUT2D eigenvalue weighted by atomic mass is 35.5. The maximum Gasteiger partial charge on any atom is 0.294 e. The number of nitrogens with one attached hydrogen (secondary N) is 1. The number of anilines is 1. The summed E-state index contributed by atoms with van der Waals surface area (Å²) in [6, 6.07) is 12.1. The molecule has 190 valence electrons. The van der Waals surface area contributed by atoms with E-state index >= 15 is 0 Å². The summed E-state index contributed by atoms with van der Waals surface area (Å²) in [6.07, 6.45) is 1.34. The number of carbonyl (C=O) groups is 3. The molecule has 1 N–H and O–H groups in total. The number of nitro benzene ring substituents is 1.